The van der Waals surface area contributed by atoms with Gasteiger partial charge >= 0.3 is 5.97 Å². The highest BCUT2D eigenvalue weighted by Gasteiger charge is 2.26. The van der Waals surface area contributed by atoms with Gasteiger partial charge in [0.05, 0.1) is 32.8 Å². The third-order valence-electron chi connectivity index (χ3n) is 4.12. The number of benzene rings is 1. The van der Waals surface area contributed by atoms with Crippen LogP contribution in [0.5, 0.6) is 0 Å². The number of thiophene rings is 1. The van der Waals surface area contributed by atoms with Gasteiger partial charge in [-0.25, -0.2) is 4.79 Å². The summed E-state index contributed by atoms with van der Waals surface area (Å²) in [7, 11) is 0. The van der Waals surface area contributed by atoms with Gasteiger partial charge in [-0.1, -0.05) is 29.3 Å². The first kappa shape index (κ1) is 21.8. The number of rotatable bonds is 6. The van der Waals surface area contributed by atoms with Crippen LogP contribution in [0.2, 0.25) is 10.0 Å². The molecule has 2 aromatic heterocycles. The van der Waals surface area contributed by atoms with Gasteiger partial charge in [-0.05, 0) is 37.6 Å². The van der Waals surface area contributed by atoms with E-state index < -0.39 is 17.8 Å². The maximum absolute atomic E-state index is 12.7. The van der Waals surface area contributed by atoms with Gasteiger partial charge in [-0.15, -0.1) is 11.3 Å². The summed E-state index contributed by atoms with van der Waals surface area (Å²) in [5.41, 5.74) is 7.09. The number of nitrogens with one attached hydrogen (secondary N) is 2. The molecule has 1 aromatic carbocycles. The first-order valence-corrected chi connectivity index (χ1v) is 10.2. The van der Waals surface area contributed by atoms with Crippen LogP contribution in [0, 0.1) is 6.92 Å². The molecule has 0 aliphatic rings. The quantitative estimate of drug-likeness (QED) is 0.467. The second-order valence-corrected chi connectivity index (χ2v) is 7.93. The van der Waals surface area contributed by atoms with Gasteiger partial charge in [0.25, 0.3) is 11.8 Å². The SMILES string of the molecule is CCOC(=O)c1c(NC(=O)c2cc(-c3ccc(Cl)c(Cl)c3)n[nH]2)sc(C(N)=O)c1C. The Hall–Kier alpha value is -2.88. The molecule has 0 saturated carbocycles. The summed E-state index contributed by atoms with van der Waals surface area (Å²) < 4.78 is 5.03. The fourth-order valence-corrected chi connectivity index (χ4v) is 4.04. The van der Waals surface area contributed by atoms with Gasteiger partial charge < -0.3 is 15.8 Å². The van der Waals surface area contributed by atoms with Gasteiger partial charge in [0, 0.05) is 5.56 Å². The van der Waals surface area contributed by atoms with Crippen molar-refractivity contribution in [2.45, 2.75) is 13.8 Å². The van der Waals surface area contributed by atoms with Crippen molar-refractivity contribution < 1.29 is 19.1 Å². The van der Waals surface area contributed by atoms with E-state index in [1.807, 2.05) is 0 Å². The topological polar surface area (TPSA) is 127 Å². The first-order valence-electron chi connectivity index (χ1n) is 8.65. The summed E-state index contributed by atoms with van der Waals surface area (Å²) in [6.07, 6.45) is 0. The van der Waals surface area contributed by atoms with Crippen molar-refractivity contribution in [2.24, 2.45) is 5.73 Å². The van der Waals surface area contributed by atoms with Crippen molar-refractivity contribution >= 4 is 57.3 Å². The summed E-state index contributed by atoms with van der Waals surface area (Å²) in [6, 6.07) is 6.49. The average Bonchev–Trinajstić information content (AvgIpc) is 3.29. The van der Waals surface area contributed by atoms with Gasteiger partial charge in [0.1, 0.15) is 10.7 Å². The zero-order chi connectivity index (χ0) is 22.0. The number of nitrogens with zero attached hydrogens (tertiary/aromatic N) is 1. The van der Waals surface area contributed by atoms with E-state index in [1.165, 1.54) is 6.07 Å². The minimum atomic E-state index is -0.702. The van der Waals surface area contributed by atoms with Crippen molar-refractivity contribution in [1.29, 1.82) is 0 Å². The number of aromatic nitrogens is 2. The molecule has 4 N–H and O–H groups in total. The Kier molecular flexibility index (Phi) is 6.45. The molecule has 0 spiro atoms. The minimum absolute atomic E-state index is 0.0909. The number of amides is 2. The molecular weight excluding hydrogens is 451 g/mol. The van der Waals surface area contributed by atoms with E-state index in [2.05, 4.69) is 15.5 Å². The van der Waals surface area contributed by atoms with Gasteiger partial charge in [-0.3, -0.25) is 14.7 Å². The highest BCUT2D eigenvalue weighted by Crippen LogP contribution is 2.34. The first-order chi connectivity index (χ1) is 14.2. The van der Waals surface area contributed by atoms with Crippen LogP contribution in [0.3, 0.4) is 0 Å². The maximum Gasteiger partial charge on any atom is 0.341 e. The van der Waals surface area contributed by atoms with E-state index in [4.69, 9.17) is 33.7 Å². The lowest BCUT2D eigenvalue weighted by atomic mass is 10.1. The summed E-state index contributed by atoms with van der Waals surface area (Å²) in [4.78, 5) is 36.9. The van der Waals surface area contributed by atoms with Crippen LogP contribution >= 0.6 is 34.5 Å². The Morgan fingerprint density at radius 2 is 1.97 bits per heavy atom. The Labute approximate surface area is 185 Å². The zero-order valence-electron chi connectivity index (χ0n) is 15.8. The molecule has 156 valence electrons. The minimum Gasteiger partial charge on any atom is -0.462 e. The lowest BCUT2D eigenvalue weighted by Crippen LogP contribution is -2.15. The van der Waals surface area contributed by atoms with Crippen LogP contribution in [-0.2, 0) is 4.74 Å². The monoisotopic (exact) mass is 466 g/mol. The Bertz CT molecular complexity index is 1160. The smallest absolute Gasteiger partial charge is 0.341 e. The van der Waals surface area contributed by atoms with Crippen molar-refractivity contribution in [3.63, 3.8) is 0 Å². The Morgan fingerprint density at radius 1 is 1.23 bits per heavy atom. The van der Waals surface area contributed by atoms with Crippen molar-refractivity contribution in [1.82, 2.24) is 10.2 Å². The number of ether oxygens (including phenoxy) is 1. The zero-order valence-corrected chi connectivity index (χ0v) is 18.2. The van der Waals surface area contributed by atoms with E-state index in [0.717, 1.165) is 11.3 Å². The molecule has 0 aliphatic heterocycles. The summed E-state index contributed by atoms with van der Waals surface area (Å²) in [5.74, 6) is -1.92. The number of anilines is 1. The lowest BCUT2D eigenvalue weighted by molar-refractivity contribution is 0.0527. The molecule has 3 rings (SSSR count). The fraction of sp³-hybridized carbons (Fsp3) is 0.158. The van der Waals surface area contributed by atoms with Gasteiger partial charge in [-0.2, -0.15) is 5.10 Å². The van der Waals surface area contributed by atoms with Gasteiger partial charge in [0.2, 0.25) is 0 Å². The molecule has 0 saturated heterocycles. The number of hydrogen-bond acceptors (Lipinski definition) is 6. The molecule has 2 amide bonds. The third kappa shape index (κ3) is 4.33. The lowest BCUT2D eigenvalue weighted by Gasteiger charge is -2.06. The molecular formula is C19H16Cl2N4O4S. The number of primary amides is 1. The second-order valence-electron chi connectivity index (χ2n) is 6.09. The largest absolute Gasteiger partial charge is 0.462 e. The van der Waals surface area contributed by atoms with Crippen molar-refractivity contribution in [2.75, 3.05) is 11.9 Å². The number of nitrogens with two attached hydrogens (primary N) is 1. The molecule has 0 bridgehead atoms. The normalized spacial score (nSPS) is 10.7. The summed E-state index contributed by atoms with van der Waals surface area (Å²) >= 11 is 12.9. The highest BCUT2D eigenvalue weighted by atomic mass is 35.5. The third-order valence-corrected chi connectivity index (χ3v) is 6.08. The van der Waals surface area contributed by atoms with E-state index in [9.17, 15) is 14.4 Å². The summed E-state index contributed by atoms with van der Waals surface area (Å²) in [6.45, 7) is 3.36. The average molecular weight is 467 g/mol. The molecule has 0 aliphatic carbocycles. The highest BCUT2D eigenvalue weighted by molar-refractivity contribution is 7.18. The number of esters is 1. The molecule has 0 fully saturated rings. The van der Waals surface area contributed by atoms with Crippen LogP contribution in [0.15, 0.2) is 24.3 Å². The van der Waals surface area contributed by atoms with E-state index in [1.54, 1.807) is 32.0 Å². The molecule has 8 nitrogen and oxygen atoms in total. The molecule has 0 radical (unpaired) electrons. The molecule has 11 heteroatoms. The Balaban J connectivity index is 1.90. The van der Waals surface area contributed by atoms with Crippen LogP contribution in [-0.4, -0.2) is 34.6 Å². The maximum atomic E-state index is 12.7. The van der Waals surface area contributed by atoms with Crippen molar-refractivity contribution in [3.8, 4) is 11.3 Å². The molecule has 0 unspecified atom stereocenters. The van der Waals surface area contributed by atoms with Crippen LogP contribution < -0.4 is 11.1 Å². The standard InChI is InChI=1S/C19H16Cl2N4O4S/c1-3-29-19(28)14-8(2)15(16(22)26)30-18(14)23-17(27)13-7-12(24-25-13)9-4-5-10(20)11(21)6-9/h4-7H,3H2,1-2H3,(H2,22,26)(H,23,27)(H,24,25). The number of H-pyrrole nitrogens is 1. The van der Waals surface area contributed by atoms with Crippen LogP contribution in [0.25, 0.3) is 11.3 Å². The Morgan fingerprint density at radius 3 is 2.60 bits per heavy atom. The van der Waals surface area contributed by atoms with E-state index in [0.29, 0.717) is 26.9 Å². The fourth-order valence-electron chi connectivity index (χ4n) is 2.70. The van der Waals surface area contributed by atoms with E-state index in [-0.39, 0.29) is 27.7 Å². The molecule has 2 heterocycles. The van der Waals surface area contributed by atoms with E-state index >= 15 is 0 Å². The predicted molar refractivity (Wildman–Crippen MR) is 116 cm³/mol. The number of aromatic amines is 1. The van der Waals surface area contributed by atoms with Gasteiger partial charge in [0.15, 0.2) is 0 Å². The number of halogens is 2. The summed E-state index contributed by atoms with van der Waals surface area (Å²) in [5, 5.41) is 10.3. The van der Waals surface area contributed by atoms with Crippen molar-refractivity contribution in [3.05, 3.63) is 56.0 Å². The van der Waals surface area contributed by atoms with Crippen LogP contribution in [0.1, 0.15) is 43.0 Å². The molecule has 30 heavy (non-hydrogen) atoms. The predicted octanol–water partition coefficient (Wildman–Crippen LogP) is 4.28. The number of carbonyl (C=O) groups excluding carboxylic acids is 3. The molecule has 0 atom stereocenters. The van der Waals surface area contributed by atoms with Crippen LogP contribution in [0.4, 0.5) is 5.00 Å². The number of hydrogen-bond donors (Lipinski definition) is 3. The number of carbonyl (C=O) groups is 3. The second kappa shape index (κ2) is 8.86. The molecule has 3 aromatic rings.